The maximum absolute atomic E-state index is 11.0. The number of hydrogen-bond acceptors (Lipinski definition) is 16. The van der Waals surface area contributed by atoms with Crippen LogP contribution in [0.3, 0.4) is 0 Å². The minimum Gasteiger partial charge on any atom is -0.458 e. The predicted octanol–water partition coefficient (Wildman–Crippen LogP) is 29.6. The van der Waals surface area contributed by atoms with Crippen LogP contribution >= 0.6 is 0 Å². The van der Waals surface area contributed by atoms with E-state index in [0.29, 0.717) is 64.7 Å². The summed E-state index contributed by atoms with van der Waals surface area (Å²) in [7, 11) is 0. The Balaban J connectivity index is 0.000000784. The Morgan fingerprint density at radius 2 is 0.365 bits per heavy atom. The second-order valence-electron chi connectivity index (χ2n) is 33.7. The Labute approximate surface area is 823 Å². The maximum Gasteiger partial charge on any atom is 0.330 e. The fourth-order valence-electron chi connectivity index (χ4n) is 13.0. The first-order chi connectivity index (χ1) is 66.3. The third-order valence-corrected chi connectivity index (χ3v) is 21.5. The highest BCUT2D eigenvalue weighted by Crippen LogP contribution is 2.22. The molecular formula is C121H162O16. The number of rotatable bonds is 55. The lowest BCUT2D eigenvalue weighted by Gasteiger charge is -2.09. The summed E-state index contributed by atoms with van der Waals surface area (Å²) in [4.78, 5) is 87.1. The van der Waals surface area contributed by atoms with Crippen LogP contribution in [0.2, 0.25) is 0 Å². The normalized spacial score (nSPS) is 10.2. The second kappa shape index (κ2) is 81.8. The number of ether oxygens (including phenoxy) is 8. The molecule has 0 spiro atoms. The summed E-state index contributed by atoms with van der Waals surface area (Å²) in [6, 6.07) is 65.7. The van der Waals surface area contributed by atoms with Crippen molar-refractivity contribution in [1.82, 2.24) is 0 Å². The molecule has 8 rings (SSSR count). The lowest BCUT2D eigenvalue weighted by atomic mass is 9.98. The molecule has 8 aromatic rings. The second-order valence-corrected chi connectivity index (χ2v) is 33.7. The molecule has 0 aliphatic rings. The first-order valence-electron chi connectivity index (χ1n) is 49.3. The molecule has 0 aliphatic carbocycles. The zero-order chi connectivity index (χ0) is 101. The molecule has 0 aliphatic heterocycles. The summed E-state index contributed by atoms with van der Waals surface area (Å²) < 4.78 is 39.7. The summed E-state index contributed by atoms with van der Waals surface area (Å²) >= 11 is 0. The topological polar surface area (TPSA) is 210 Å². The molecule has 0 N–H and O–H groups in total. The quantitative estimate of drug-likeness (QED) is 0.0150. The van der Waals surface area contributed by atoms with Crippen LogP contribution in [-0.2, 0) is 174 Å². The van der Waals surface area contributed by atoms with E-state index in [1.807, 2.05) is 97.1 Å². The molecule has 0 aromatic heterocycles. The van der Waals surface area contributed by atoms with Crippen LogP contribution in [0.25, 0.3) is 0 Å². The van der Waals surface area contributed by atoms with E-state index >= 15 is 0 Å². The van der Waals surface area contributed by atoms with Gasteiger partial charge in [-0.3, -0.25) is 0 Å². The van der Waals surface area contributed by atoms with Gasteiger partial charge in [0.2, 0.25) is 0 Å². The fourth-order valence-corrected chi connectivity index (χ4v) is 13.0. The van der Waals surface area contributed by atoms with E-state index in [9.17, 15) is 38.4 Å². The van der Waals surface area contributed by atoms with Crippen molar-refractivity contribution in [3.63, 3.8) is 0 Å². The lowest BCUT2D eigenvalue weighted by molar-refractivity contribution is -0.139. The molecule has 0 amide bonds. The minimum absolute atomic E-state index is 0.311. The van der Waals surface area contributed by atoms with E-state index in [1.54, 1.807) is 0 Å². The van der Waals surface area contributed by atoms with E-state index in [1.165, 1.54) is 222 Å². The summed E-state index contributed by atoms with van der Waals surface area (Å²) in [6.07, 6.45) is 45.3. The number of hydrogen-bond donors (Lipinski definition) is 0. The van der Waals surface area contributed by atoms with Crippen LogP contribution in [0, 0.1) is 5.92 Å². The van der Waals surface area contributed by atoms with Crippen LogP contribution < -0.4 is 0 Å². The van der Waals surface area contributed by atoms with Gasteiger partial charge in [-0.25, -0.2) is 38.4 Å². The fraction of sp³-hybridized carbons (Fsp3) is 0.405. The van der Waals surface area contributed by atoms with Crippen LogP contribution in [0.1, 0.15) is 305 Å². The standard InChI is InChI=1S/C18H26O2.C17H24O2.C16H22O2.C15H20O2.3C14H18O2.C13H16O2/c1-3-5-6-7-8-9-10-16-11-13-17(14-12-16)15-20-18(19)4-2;1-3-5-6-7-8-9-15-10-12-16(13-11-15)14-19-17(18)4-2;1-3-5-6-7-8-14-9-11-15(12-10-14)13-18-16(17)4-2;1-3-5-6-7-13-8-10-14(11-9-13)12-17-15(16)4-2;1-4-14(15)16-10-13-7-5-12(6-8-13)9-11(2)3;1-4-11(3)13-8-6-12(7-9-13)10-16-14(15)5-2;1-3-5-6-12-7-9-13(10-8-12)11-16-14(15)4-2;1-3-5-11-6-8-12(9-7-11)10-15-13(14)4-2/h4,11-14H,2-3,5-10,15H2,1H3;4,10-13H,2-3,5-9,14H2,1H3;4,9-12H,2-3,5-8,13H2,1H3;4,8-11H,2-3,5-7,12H2,1H3;4-8,11H,1,9-10H2,2-3H3;5-9,11H,2,4,10H2,1,3H3;4,7-10H,2-3,5-6,11H2,1H3;4,6-9H,2-3,5,10H2,1H3. The molecule has 0 saturated heterocycles. The van der Waals surface area contributed by atoms with Crippen molar-refractivity contribution in [2.24, 2.45) is 5.92 Å². The van der Waals surface area contributed by atoms with E-state index in [4.69, 9.17) is 37.9 Å². The van der Waals surface area contributed by atoms with Crippen molar-refractivity contribution in [3.8, 4) is 0 Å². The monoisotopic (exact) mass is 1870 g/mol. The Morgan fingerprint density at radius 1 is 0.204 bits per heavy atom. The predicted molar refractivity (Wildman–Crippen MR) is 562 cm³/mol. The summed E-state index contributed by atoms with van der Waals surface area (Å²) in [6.45, 7) is 51.4. The van der Waals surface area contributed by atoms with E-state index < -0.39 is 0 Å². The Morgan fingerprint density at radius 3 is 0.562 bits per heavy atom. The van der Waals surface area contributed by atoms with Crippen molar-refractivity contribution < 1.29 is 76.3 Å². The van der Waals surface area contributed by atoms with E-state index in [2.05, 4.69) is 219 Å². The first-order valence-corrected chi connectivity index (χ1v) is 49.3. The highest BCUT2D eigenvalue weighted by Gasteiger charge is 2.10. The zero-order valence-corrected chi connectivity index (χ0v) is 84.6. The van der Waals surface area contributed by atoms with Gasteiger partial charge in [0.05, 0.1) is 0 Å². The third kappa shape index (κ3) is 65.7. The van der Waals surface area contributed by atoms with Gasteiger partial charge in [0, 0.05) is 48.6 Å². The van der Waals surface area contributed by atoms with Gasteiger partial charge in [0.15, 0.2) is 0 Å². The van der Waals surface area contributed by atoms with Crippen LogP contribution in [0.5, 0.6) is 0 Å². The van der Waals surface area contributed by atoms with Crippen molar-refractivity contribution in [2.75, 3.05) is 0 Å². The zero-order valence-electron chi connectivity index (χ0n) is 84.6. The van der Waals surface area contributed by atoms with Crippen LogP contribution in [0.4, 0.5) is 0 Å². The van der Waals surface area contributed by atoms with Crippen LogP contribution in [0.15, 0.2) is 295 Å². The number of esters is 8. The molecule has 0 radical (unpaired) electrons. The van der Waals surface area contributed by atoms with Crippen molar-refractivity contribution in [2.45, 2.75) is 314 Å². The molecule has 16 nitrogen and oxygen atoms in total. The Hall–Kier alpha value is -12.6. The van der Waals surface area contributed by atoms with Gasteiger partial charge in [-0.15, -0.1) is 0 Å². The summed E-state index contributed by atoms with van der Waals surface area (Å²) in [5.41, 5.74) is 18.8. The van der Waals surface area contributed by atoms with E-state index in [0.717, 1.165) is 102 Å². The number of benzene rings is 8. The molecule has 16 heteroatoms. The van der Waals surface area contributed by atoms with E-state index in [-0.39, 0.29) is 47.8 Å². The number of unbranched alkanes of at least 4 members (excludes halogenated alkanes) is 15. The molecule has 0 bridgehead atoms. The third-order valence-electron chi connectivity index (χ3n) is 21.5. The summed E-state index contributed by atoms with van der Waals surface area (Å²) in [5, 5.41) is 0. The lowest BCUT2D eigenvalue weighted by Crippen LogP contribution is -2.00. The molecular weight excluding hydrogens is 1710 g/mol. The van der Waals surface area contributed by atoms with Crippen LogP contribution in [-0.4, -0.2) is 47.8 Å². The average molecular weight is 1870 g/mol. The highest BCUT2D eigenvalue weighted by atomic mass is 16.6. The molecule has 1 atom stereocenters. The van der Waals surface area contributed by atoms with Crippen molar-refractivity contribution in [3.05, 3.63) is 384 Å². The number of carbonyl (C=O) groups is 8. The number of carbonyl (C=O) groups excluding carboxylic acids is 8. The largest absolute Gasteiger partial charge is 0.458 e. The van der Waals surface area contributed by atoms with Gasteiger partial charge in [-0.05, 0) is 184 Å². The molecule has 0 saturated carbocycles. The highest BCUT2D eigenvalue weighted by molar-refractivity contribution is 5.84. The molecule has 742 valence electrons. The first kappa shape index (κ1) is 122. The molecule has 0 heterocycles. The molecule has 0 fully saturated rings. The molecule has 1 unspecified atom stereocenters. The van der Waals surface area contributed by atoms with Crippen molar-refractivity contribution >= 4 is 47.8 Å². The van der Waals surface area contributed by atoms with Gasteiger partial charge in [-0.2, -0.15) is 0 Å². The minimum atomic E-state index is -0.383. The SMILES string of the molecule is C=CC(=O)OCc1ccc(C(C)CC)cc1.C=CC(=O)OCc1ccc(CC(C)C)cc1.C=CC(=O)OCc1ccc(CCC)cc1.C=CC(=O)OCc1ccc(CCCC)cc1.C=CC(=O)OCc1ccc(CCCCC)cc1.C=CC(=O)OCc1ccc(CCCCCC)cc1.C=CC(=O)OCc1ccc(CCCCCCC)cc1.C=CC(=O)OCc1ccc(CCCCCCCC)cc1. The van der Waals surface area contributed by atoms with Gasteiger partial charge >= 0.3 is 47.8 Å². The van der Waals surface area contributed by atoms with Crippen molar-refractivity contribution in [1.29, 1.82) is 0 Å². The molecule has 8 aromatic carbocycles. The van der Waals surface area contributed by atoms with Gasteiger partial charge in [0.1, 0.15) is 52.9 Å². The Bertz CT molecular complexity index is 4630. The molecule has 137 heavy (non-hydrogen) atoms. The van der Waals surface area contributed by atoms with Gasteiger partial charge < -0.3 is 37.9 Å². The number of aryl methyl sites for hydroxylation is 6. The van der Waals surface area contributed by atoms with Gasteiger partial charge in [0.25, 0.3) is 0 Å². The smallest absolute Gasteiger partial charge is 0.330 e. The summed E-state index contributed by atoms with van der Waals surface area (Å²) in [5.74, 6) is -1.80. The van der Waals surface area contributed by atoms with Gasteiger partial charge in [-0.1, -0.05) is 419 Å². The Kier molecular flexibility index (Phi) is 73.1. The maximum atomic E-state index is 11.0. The average Bonchev–Trinajstić information content (AvgIpc) is 0.898.